The van der Waals surface area contributed by atoms with Gasteiger partial charge >= 0.3 is 6.18 Å². The highest BCUT2D eigenvalue weighted by Crippen LogP contribution is 2.43. The van der Waals surface area contributed by atoms with Crippen LogP contribution in [0.4, 0.5) is 18.9 Å². The van der Waals surface area contributed by atoms with E-state index in [4.69, 9.17) is 0 Å². The topological polar surface area (TPSA) is 46.9 Å². The summed E-state index contributed by atoms with van der Waals surface area (Å²) in [7, 11) is 0. The van der Waals surface area contributed by atoms with Gasteiger partial charge in [0, 0.05) is 28.3 Å². The number of aromatic nitrogens is 2. The van der Waals surface area contributed by atoms with Crippen LogP contribution in [0.2, 0.25) is 0 Å². The smallest absolute Gasteiger partial charge is 0.323 e. The van der Waals surface area contributed by atoms with Gasteiger partial charge in [0.2, 0.25) is 5.91 Å². The molecule has 0 unspecified atom stereocenters. The molecule has 2 aromatic heterocycles. The minimum atomic E-state index is -4.48. The summed E-state index contributed by atoms with van der Waals surface area (Å²) in [6, 6.07) is 11.6. The summed E-state index contributed by atoms with van der Waals surface area (Å²) in [5.74, 6) is -0.149. The first-order valence-electron chi connectivity index (χ1n) is 9.12. The Balaban J connectivity index is 1.52. The molecule has 8 heteroatoms. The van der Waals surface area contributed by atoms with Crippen molar-refractivity contribution < 1.29 is 18.0 Å². The van der Waals surface area contributed by atoms with E-state index in [0.29, 0.717) is 17.1 Å². The minimum Gasteiger partial charge on any atom is -0.323 e. The number of hydrogen-bond acceptors (Lipinski definition) is 3. The van der Waals surface area contributed by atoms with Gasteiger partial charge in [0.1, 0.15) is 0 Å². The van der Waals surface area contributed by atoms with Gasteiger partial charge in [-0.3, -0.25) is 4.79 Å². The Bertz CT molecular complexity index is 1050. The van der Waals surface area contributed by atoms with E-state index in [2.05, 4.69) is 10.4 Å². The van der Waals surface area contributed by atoms with E-state index in [1.807, 2.05) is 24.4 Å². The second kappa shape index (κ2) is 7.51. The number of anilines is 1. The Morgan fingerprint density at radius 2 is 1.97 bits per heavy atom. The first-order valence-corrected chi connectivity index (χ1v) is 10.00. The van der Waals surface area contributed by atoms with E-state index < -0.39 is 11.9 Å². The first kappa shape index (κ1) is 19.4. The Morgan fingerprint density at radius 3 is 2.55 bits per heavy atom. The summed E-state index contributed by atoms with van der Waals surface area (Å²) >= 11 is 1.55. The van der Waals surface area contributed by atoms with Crippen LogP contribution in [-0.4, -0.2) is 15.7 Å². The van der Waals surface area contributed by atoms with Crippen LogP contribution in [0.15, 0.2) is 53.9 Å². The van der Waals surface area contributed by atoms with Crippen LogP contribution in [0, 0.1) is 0 Å². The number of carbonyl (C=O) groups is 1. The largest absolute Gasteiger partial charge is 0.435 e. The number of alkyl halides is 3. The number of thiophene rings is 1. The number of nitrogens with one attached hydrogen (secondary N) is 1. The molecule has 4 nitrogen and oxygen atoms in total. The van der Waals surface area contributed by atoms with E-state index in [-0.39, 0.29) is 11.8 Å². The standard InChI is InChI=1S/C21H18F3N3OS/c1-13(18-3-2-10-29-18)11-20(28)25-15-6-8-16(9-7-15)27-17(14-4-5-14)12-19(26-27)21(22,23)24/h2-3,6-12,14H,4-5H2,1H3,(H,25,28)/b13-11+. The lowest BCUT2D eigenvalue weighted by molar-refractivity contribution is -0.141. The molecule has 0 saturated heterocycles. The van der Waals surface area contributed by atoms with Crippen molar-refractivity contribution in [1.29, 1.82) is 0 Å². The molecule has 150 valence electrons. The summed E-state index contributed by atoms with van der Waals surface area (Å²) in [6.45, 7) is 1.86. The van der Waals surface area contributed by atoms with Crippen LogP contribution in [0.5, 0.6) is 0 Å². The molecule has 4 rings (SSSR count). The van der Waals surface area contributed by atoms with Gasteiger partial charge in [-0.1, -0.05) is 6.07 Å². The van der Waals surface area contributed by atoms with Crippen LogP contribution in [0.1, 0.15) is 41.9 Å². The van der Waals surface area contributed by atoms with Gasteiger partial charge < -0.3 is 5.32 Å². The number of allylic oxidation sites excluding steroid dienone is 1. The molecular weight excluding hydrogens is 399 g/mol. The fourth-order valence-corrected chi connectivity index (χ4v) is 3.75. The van der Waals surface area contributed by atoms with Crippen molar-refractivity contribution >= 4 is 28.5 Å². The van der Waals surface area contributed by atoms with Crippen molar-refractivity contribution in [3.8, 4) is 5.69 Å². The SMILES string of the molecule is C/C(=C\C(=O)Nc1ccc(-n2nc(C(F)(F)F)cc2C2CC2)cc1)c1cccs1. The molecule has 1 amide bonds. The molecule has 0 bridgehead atoms. The van der Waals surface area contributed by atoms with E-state index in [1.165, 1.54) is 10.8 Å². The van der Waals surface area contributed by atoms with Crippen LogP contribution < -0.4 is 5.32 Å². The molecule has 1 fully saturated rings. The van der Waals surface area contributed by atoms with Gasteiger partial charge in [-0.25, -0.2) is 4.68 Å². The Hall–Kier alpha value is -2.87. The fraction of sp³-hybridized carbons (Fsp3) is 0.238. The summed E-state index contributed by atoms with van der Waals surface area (Å²) in [4.78, 5) is 13.2. The zero-order valence-electron chi connectivity index (χ0n) is 15.5. The third kappa shape index (κ3) is 4.42. The van der Waals surface area contributed by atoms with E-state index >= 15 is 0 Å². The van der Waals surface area contributed by atoms with Gasteiger partial charge in [-0.2, -0.15) is 18.3 Å². The van der Waals surface area contributed by atoms with Crippen molar-refractivity contribution in [3.63, 3.8) is 0 Å². The maximum absolute atomic E-state index is 13.1. The third-order valence-corrected chi connectivity index (χ3v) is 5.67. The monoisotopic (exact) mass is 417 g/mol. The summed E-state index contributed by atoms with van der Waals surface area (Å²) in [6.07, 6.45) is -1.22. The highest BCUT2D eigenvalue weighted by molar-refractivity contribution is 7.11. The molecule has 1 saturated carbocycles. The van der Waals surface area contributed by atoms with Crippen molar-refractivity contribution in [3.05, 3.63) is 70.2 Å². The second-order valence-corrected chi connectivity index (χ2v) is 7.93. The summed E-state index contributed by atoms with van der Waals surface area (Å²) in [5.41, 5.74) is 1.64. The van der Waals surface area contributed by atoms with E-state index in [9.17, 15) is 18.0 Å². The van der Waals surface area contributed by atoms with Crippen LogP contribution >= 0.6 is 11.3 Å². The summed E-state index contributed by atoms with van der Waals surface area (Å²) < 4.78 is 40.6. The van der Waals surface area contributed by atoms with E-state index in [1.54, 1.807) is 35.6 Å². The van der Waals surface area contributed by atoms with Crippen LogP contribution in [0.25, 0.3) is 11.3 Å². The first-order chi connectivity index (χ1) is 13.8. The second-order valence-electron chi connectivity index (χ2n) is 6.98. The Kier molecular flexibility index (Phi) is 5.04. The molecular formula is C21H18F3N3OS. The highest BCUT2D eigenvalue weighted by atomic mass is 32.1. The summed E-state index contributed by atoms with van der Waals surface area (Å²) in [5, 5.41) is 8.48. The number of hydrogen-bond donors (Lipinski definition) is 1. The maximum Gasteiger partial charge on any atom is 0.435 e. The Morgan fingerprint density at radius 1 is 1.24 bits per heavy atom. The number of halogens is 3. The maximum atomic E-state index is 13.1. The number of carbonyl (C=O) groups excluding carboxylic acids is 1. The quantitative estimate of drug-likeness (QED) is 0.528. The van der Waals surface area contributed by atoms with Crippen LogP contribution in [0.3, 0.4) is 0 Å². The van der Waals surface area contributed by atoms with Gasteiger partial charge in [0.15, 0.2) is 5.69 Å². The molecule has 0 aliphatic heterocycles. The van der Waals surface area contributed by atoms with Crippen molar-refractivity contribution in [2.45, 2.75) is 31.9 Å². The molecule has 3 aromatic rings. The van der Waals surface area contributed by atoms with Crippen LogP contribution in [-0.2, 0) is 11.0 Å². The molecule has 1 aliphatic carbocycles. The molecule has 1 N–H and O–H groups in total. The predicted molar refractivity (Wildman–Crippen MR) is 107 cm³/mol. The van der Waals surface area contributed by atoms with Gasteiger partial charge in [-0.15, -0.1) is 11.3 Å². The van der Waals surface area contributed by atoms with Gasteiger partial charge in [0.25, 0.3) is 0 Å². The molecule has 0 spiro atoms. The van der Waals surface area contributed by atoms with Crippen molar-refractivity contribution in [2.75, 3.05) is 5.32 Å². The van der Waals surface area contributed by atoms with Gasteiger partial charge in [-0.05, 0) is 67.1 Å². The average molecular weight is 417 g/mol. The minimum absolute atomic E-state index is 0.114. The van der Waals surface area contributed by atoms with Gasteiger partial charge in [0.05, 0.1) is 5.69 Å². The van der Waals surface area contributed by atoms with Crippen molar-refractivity contribution in [2.24, 2.45) is 0 Å². The number of rotatable bonds is 5. The third-order valence-electron chi connectivity index (χ3n) is 4.66. The lowest BCUT2D eigenvalue weighted by Gasteiger charge is -2.08. The molecule has 0 radical (unpaired) electrons. The fourth-order valence-electron chi connectivity index (χ4n) is 3.05. The normalized spacial score (nSPS) is 14.8. The molecule has 29 heavy (non-hydrogen) atoms. The average Bonchev–Trinajstić information content (AvgIpc) is 3.18. The highest BCUT2D eigenvalue weighted by Gasteiger charge is 2.38. The zero-order chi connectivity index (χ0) is 20.6. The van der Waals surface area contributed by atoms with E-state index in [0.717, 1.165) is 29.4 Å². The van der Waals surface area contributed by atoms with Crippen molar-refractivity contribution in [1.82, 2.24) is 9.78 Å². The number of nitrogens with zero attached hydrogens (tertiary/aromatic N) is 2. The molecule has 2 heterocycles. The predicted octanol–water partition coefficient (Wildman–Crippen LogP) is 5.87. The Labute approximate surface area is 169 Å². The molecule has 1 aliphatic rings. The molecule has 0 atom stereocenters. The zero-order valence-corrected chi connectivity index (χ0v) is 16.3. The number of benzene rings is 1. The number of amides is 1. The molecule has 1 aromatic carbocycles. The lowest BCUT2D eigenvalue weighted by Crippen LogP contribution is -2.09. The lowest BCUT2D eigenvalue weighted by atomic mass is 10.2.